The van der Waals surface area contributed by atoms with Crippen molar-refractivity contribution in [2.45, 2.75) is 12.5 Å². The summed E-state index contributed by atoms with van der Waals surface area (Å²) in [5.41, 5.74) is 1.49. The molecule has 4 rings (SSSR count). The molecule has 0 radical (unpaired) electrons. The van der Waals surface area contributed by atoms with E-state index in [1.54, 1.807) is 24.1 Å². The van der Waals surface area contributed by atoms with E-state index in [0.29, 0.717) is 30.2 Å². The van der Waals surface area contributed by atoms with Crippen molar-refractivity contribution >= 4 is 11.6 Å². The molecule has 3 aromatic carbocycles. The molecule has 1 heterocycles. The van der Waals surface area contributed by atoms with Crippen molar-refractivity contribution in [3.63, 3.8) is 0 Å². The fraction of sp³-hybridized carbons (Fsp3) is 0.240. The minimum atomic E-state index is -0.569. The minimum absolute atomic E-state index is 0.00297. The molecule has 3 aromatic rings. The number of para-hydroxylation sites is 1. The van der Waals surface area contributed by atoms with Crippen molar-refractivity contribution in [1.29, 1.82) is 0 Å². The van der Waals surface area contributed by atoms with Gasteiger partial charge in [-0.05, 0) is 60.0 Å². The average Bonchev–Trinajstić information content (AvgIpc) is 2.86. The summed E-state index contributed by atoms with van der Waals surface area (Å²) >= 11 is 0. The number of rotatable bonds is 7. The van der Waals surface area contributed by atoms with E-state index in [4.69, 9.17) is 14.2 Å². The molecule has 1 aliphatic rings. The summed E-state index contributed by atoms with van der Waals surface area (Å²) in [4.78, 5) is 26.1. The monoisotopic (exact) mass is 466 g/mol. The normalized spacial score (nSPS) is 14.8. The van der Waals surface area contributed by atoms with E-state index in [2.05, 4.69) is 0 Å². The molecule has 176 valence electrons. The summed E-state index contributed by atoms with van der Waals surface area (Å²) in [6.07, 6.45) is 0.523. The smallest absolute Gasteiger partial charge is 0.282 e. The van der Waals surface area contributed by atoms with E-state index >= 15 is 0 Å². The zero-order valence-electron chi connectivity index (χ0n) is 18.7. The summed E-state index contributed by atoms with van der Waals surface area (Å²) in [5, 5.41) is 11.5. The van der Waals surface area contributed by atoms with E-state index in [9.17, 15) is 19.3 Å². The van der Waals surface area contributed by atoms with Crippen LogP contribution in [0.2, 0.25) is 0 Å². The quantitative estimate of drug-likeness (QED) is 0.374. The van der Waals surface area contributed by atoms with E-state index in [0.717, 1.165) is 11.1 Å². The maximum atomic E-state index is 13.5. The SMILES string of the molecule is COc1cc2c(cc1OC)[C@@H](COc1ccc(F)cc1)N(C(=O)c1ccccc1[N+](=O)[O-])CC2. The summed E-state index contributed by atoms with van der Waals surface area (Å²) in [6, 6.07) is 14.5. The molecule has 1 amide bonds. The van der Waals surface area contributed by atoms with Crippen molar-refractivity contribution in [1.82, 2.24) is 4.90 Å². The number of carbonyl (C=O) groups excluding carboxylic acids is 1. The molecule has 0 aliphatic carbocycles. The number of hydrogen-bond donors (Lipinski definition) is 0. The van der Waals surface area contributed by atoms with Gasteiger partial charge in [-0.2, -0.15) is 0 Å². The van der Waals surface area contributed by atoms with Gasteiger partial charge in [0.1, 0.15) is 23.7 Å². The minimum Gasteiger partial charge on any atom is -0.493 e. The highest BCUT2D eigenvalue weighted by Gasteiger charge is 2.35. The maximum absolute atomic E-state index is 13.5. The first-order valence-electron chi connectivity index (χ1n) is 10.6. The highest BCUT2D eigenvalue weighted by Crippen LogP contribution is 2.39. The van der Waals surface area contributed by atoms with Crippen LogP contribution in [0.4, 0.5) is 10.1 Å². The molecule has 0 saturated heterocycles. The Kier molecular flexibility index (Phi) is 6.62. The lowest BCUT2D eigenvalue weighted by Gasteiger charge is -2.37. The molecule has 8 nitrogen and oxygen atoms in total. The van der Waals surface area contributed by atoms with Gasteiger partial charge in [0.15, 0.2) is 11.5 Å². The van der Waals surface area contributed by atoms with E-state index < -0.39 is 16.9 Å². The zero-order chi connectivity index (χ0) is 24.2. The Bertz CT molecular complexity index is 1210. The standard InChI is InChI=1S/C25H23FN2O6/c1-32-23-13-16-11-12-27(25(29)19-5-3-4-6-21(19)28(30)31)22(20(16)14-24(23)33-2)15-34-18-9-7-17(26)8-10-18/h3-10,13-14,22H,11-12,15H2,1-2H3/t22-/m1/s1. The molecule has 34 heavy (non-hydrogen) atoms. The molecule has 0 N–H and O–H groups in total. The van der Waals surface area contributed by atoms with Crippen molar-refractivity contribution < 1.29 is 28.3 Å². The van der Waals surface area contributed by atoms with Crippen LogP contribution in [0.15, 0.2) is 60.7 Å². The van der Waals surface area contributed by atoms with Gasteiger partial charge in [-0.1, -0.05) is 12.1 Å². The first-order valence-corrected chi connectivity index (χ1v) is 10.6. The molecule has 1 atom stereocenters. The topological polar surface area (TPSA) is 91.1 Å². The molecule has 0 unspecified atom stereocenters. The number of halogens is 1. The Morgan fingerprint density at radius 1 is 1.09 bits per heavy atom. The van der Waals surface area contributed by atoms with Gasteiger partial charge < -0.3 is 19.1 Å². The van der Waals surface area contributed by atoms with Crippen molar-refractivity contribution in [2.75, 3.05) is 27.4 Å². The molecule has 0 saturated carbocycles. The number of fused-ring (bicyclic) bond motifs is 1. The van der Waals surface area contributed by atoms with Crippen LogP contribution in [-0.2, 0) is 6.42 Å². The van der Waals surface area contributed by atoms with Gasteiger partial charge in [-0.25, -0.2) is 4.39 Å². The number of ether oxygens (including phenoxy) is 3. The summed E-state index contributed by atoms with van der Waals surface area (Å²) in [7, 11) is 3.07. The highest BCUT2D eigenvalue weighted by atomic mass is 19.1. The lowest BCUT2D eigenvalue weighted by atomic mass is 9.91. The third-order valence-electron chi connectivity index (χ3n) is 5.82. The Hall–Kier alpha value is -4.14. The number of nitro benzene ring substituents is 1. The second kappa shape index (κ2) is 9.78. The summed E-state index contributed by atoms with van der Waals surface area (Å²) < 4.78 is 30.1. The van der Waals surface area contributed by atoms with Crippen LogP contribution in [-0.4, -0.2) is 43.1 Å². The summed E-state index contributed by atoms with van der Waals surface area (Å²) in [6.45, 7) is 0.380. The van der Waals surface area contributed by atoms with Crippen molar-refractivity contribution in [2.24, 2.45) is 0 Å². The zero-order valence-corrected chi connectivity index (χ0v) is 18.7. The van der Waals surface area contributed by atoms with Gasteiger partial charge in [-0.3, -0.25) is 14.9 Å². The number of methoxy groups -OCH3 is 2. The number of amides is 1. The predicted molar refractivity (Wildman–Crippen MR) is 122 cm³/mol. The van der Waals surface area contributed by atoms with Gasteiger partial charge in [-0.15, -0.1) is 0 Å². The van der Waals surface area contributed by atoms with Gasteiger partial charge in [0, 0.05) is 12.6 Å². The lowest BCUT2D eigenvalue weighted by Crippen LogP contribution is -2.42. The van der Waals surface area contributed by atoms with Crippen LogP contribution < -0.4 is 14.2 Å². The molecule has 0 fully saturated rings. The number of nitro groups is 1. The van der Waals surface area contributed by atoms with Gasteiger partial charge >= 0.3 is 0 Å². The Balaban J connectivity index is 1.74. The highest BCUT2D eigenvalue weighted by molar-refractivity contribution is 5.98. The molecule has 0 aromatic heterocycles. The molecule has 0 bridgehead atoms. The van der Waals surface area contributed by atoms with Gasteiger partial charge in [0.25, 0.3) is 11.6 Å². The van der Waals surface area contributed by atoms with E-state index in [1.165, 1.54) is 49.6 Å². The van der Waals surface area contributed by atoms with Crippen LogP contribution >= 0.6 is 0 Å². The molecule has 9 heteroatoms. The third kappa shape index (κ3) is 4.50. The number of benzene rings is 3. The van der Waals surface area contributed by atoms with Crippen molar-refractivity contribution in [3.05, 3.63) is 93.3 Å². The van der Waals surface area contributed by atoms with Crippen LogP contribution in [0.1, 0.15) is 27.5 Å². The maximum Gasteiger partial charge on any atom is 0.282 e. The fourth-order valence-corrected chi connectivity index (χ4v) is 4.13. The number of hydrogen-bond acceptors (Lipinski definition) is 6. The average molecular weight is 466 g/mol. The van der Waals surface area contributed by atoms with Gasteiger partial charge in [0.05, 0.1) is 25.2 Å². The Labute approximate surface area is 195 Å². The predicted octanol–water partition coefficient (Wildman–Crippen LogP) is 4.57. The molecular formula is C25H23FN2O6. The molecule has 0 spiro atoms. The van der Waals surface area contributed by atoms with Crippen LogP contribution in [0.25, 0.3) is 0 Å². The van der Waals surface area contributed by atoms with Crippen molar-refractivity contribution in [3.8, 4) is 17.2 Å². The van der Waals surface area contributed by atoms with Crippen LogP contribution in [0, 0.1) is 15.9 Å². The second-order valence-corrected chi connectivity index (χ2v) is 7.71. The second-order valence-electron chi connectivity index (χ2n) is 7.71. The third-order valence-corrected chi connectivity index (χ3v) is 5.82. The lowest BCUT2D eigenvalue weighted by molar-refractivity contribution is -0.385. The fourth-order valence-electron chi connectivity index (χ4n) is 4.13. The summed E-state index contributed by atoms with van der Waals surface area (Å²) in [5.74, 6) is 0.638. The molecule has 1 aliphatic heterocycles. The first-order chi connectivity index (χ1) is 16.4. The van der Waals surface area contributed by atoms with E-state index in [-0.39, 0.29) is 23.7 Å². The Morgan fingerprint density at radius 2 is 1.76 bits per heavy atom. The van der Waals surface area contributed by atoms with E-state index in [1.807, 2.05) is 6.07 Å². The Morgan fingerprint density at radius 3 is 2.44 bits per heavy atom. The van der Waals surface area contributed by atoms with Gasteiger partial charge in [0.2, 0.25) is 0 Å². The number of nitrogens with zero attached hydrogens (tertiary/aromatic N) is 2. The van der Waals surface area contributed by atoms with Crippen LogP contribution in [0.3, 0.4) is 0 Å². The molecular weight excluding hydrogens is 443 g/mol. The van der Waals surface area contributed by atoms with Crippen LogP contribution in [0.5, 0.6) is 17.2 Å². The first kappa shape index (κ1) is 23.0. The largest absolute Gasteiger partial charge is 0.493 e. The number of carbonyl (C=O) groups is 1.